The number of hydrogen-bond donors (Lipinski definition) is 0. The molecular formula is C8H15N. The minimum atomic E-state index is 0.999. The average Bonchev–Trinajstić information content (AvgIpc) is 2.33. The topological polar surface area (TPSA) is 3.24 Å². The summed E-state index contributed by atoms with van der Waals surface area (Å²) in [7, 11) is 0. The van der Waals surface area contributed by atoms with Crippen molar-refractivity contribution in [3.05, 3.63) is 0 Å². The van der Waals surface area contributed by atoms with E-state index in [0.717, 1.165) is 6.04 Å². The summed E-state index contributed by atoms with van der Waals surface area (Å²) < 4.78 is 0. The fourth-order valence-corrected chi connectivity index (χ4v) is 2.21. The Hall–Kier alpha value is -0.0400. The summed E-state index contributed by atoms with van der Waals surface area (Å²) in [5.74, 6) is 0. The number of fused-ring (bicyclic) bond motifs is 1. The molecule has 0 spiro atoms. The fraction of sp³-hybridized carbons (Fsp3) is 1.00. The lowest BCUT2D eigenvalue weighted by Gasteiger charge is -2.28. The van der Waals surface area contributed by atoms with E-state index in [1.165, 1.54) is 45.2 Å². The van der Waals surface area contributed by atoms with Gasteiger partial charge >= 0.3 is 0 Å². The molecule has 2 aliphatic rings. The summed E-state index contributed by atoms with van der Waals surface area (Å²) in [6, 6.07) is 0.999. The van der Waals surface area contributed by atoms with Gasteiger partial charge in [-0.25, -0.2) is 0 Å². The Morgan fingerprint density at radius 1 is 0.889 bits per heavy atom. The second kappa shape index (κ2) is 2.30. The molecule has 2 fully saturated rings. The first kappa shape index (κ1) is 5.72. The van der Waals surface area contributed by atoms with Gasteiger partial charge in [0.1, 0.15) is 0 Å². The second-order valence-electron chi connectivity index (χ2n) is 3.33. The van der Waals surface area contributed by atoms with Crippen molar-refractivity contribution < 1.29 is 0 Å². The van der Waals surface area contributed by atoms with E-state index in [-0.39, 0.29) is 0 Å². The maximum absolute atomic E-state index is 2.67. The van der Waals surface area contributed by atoms with E-state index in [1.807, 2.05) is 0 Å². The standard InChI is InChI=1S/C8H15N/c1-2-6-9-7-3-5-8(9)4-1/h8H,1-7H2/t8-/m0/s1. The molecule has 0 unspecified atom stereocenters. The third kappa shape index (κ3) is 0.983. The highest BCUT2D eigenvalue weighted by molar-refractivity contribution is 4.81. The quantitative estimate of drug-likeness (QED) is 0.475. The first-order valence-corrected chi connectivity index (χ1v) is 4.21. The largest absolute Gasteiger partial charge is 0.300 e. The molecule has 0 aromatic heterocycles. The van der Waals surface area contributed by atoms with E-state index >= 15 is 0 Å². The van der Waals surface area contributed by atoms with Crippen LogP contribution in [0.1, 0.15) is 32.1 Å². The van der Waals surface area contributed by atoms with E-state index in [1.54, 1.807) is 0 Å². The highest BCUT2D eigenvalue weighted by Gasteiger charge is 2.25. The van der Waals surface area contributed by atoms with Crippen LogP contribution in [0.15, 0.2) is 0 Å². The Labute approximate surface area is 57.0 Å². The molecule has 1 heteroatoms. The molecule has 0 aromatic rings. The summed E-state index contributed by atoms with van der Waals surface area (Å²) in [4.78, 5) is 2.67. The van der Waals surface area contributed by atoms with Crippen LogP contribution in [0, 0.1) is 0 Å². The zero-order valence-corrected chi connectivity index (χ0v) is 5.97. The highest BCUT2D eigenvalue weighted by Crippen LogP contribution is 2.25. The fourth-order valence-electron chi connectivity index (χ4n) is 2.21. The minimum absolute atomic E-state index is 0.999. The van der Waals surface area contributed by atoms with Gasteiger partial charge in [-0.15, -0.1) is 0 Å². The van der Waals surface area contributed by atoms with Crippen LogP contribution in [0.2, 0.25) is 0 Å². The zero-order chi connectivity index (χ0) is 6.10. The van der Waals surface area contributed by atoms with Crippen molar-refractivity contribution in [2.75, 3.05) is 13.1 Å². The van der Waals surface area contributed by atoms with E-state index in [9.17, 15) is 0 Å². The lowest BCUT2D eigenvalue weighted by atomic mass is 10.0. The highest BCUT2D eigenvalue weighted by atomic mass is 15.2. The van der Waals surface area contributed by atoms with Gasteiger partial charge in [0, 0.05) is 6.04 Å². The summed E-state index contributed by atoms with van der Waals surface area (Å²) in [5.41, 5.74) is 0. The Morgan fingerprint density at radius 2 is 1.67 bits per heavy atom. The first-order chi connectivity index (χ1) is 4.47. The molecule has 1 nitrogen and oxygen atoms in total. The summed E-state index contributed by atoms with van der Waals surface area (Å²) in [5, 5.41) is 0. The Morgan fingerprint density at radius 3 is 2.56 bits per heavy atom. The van der Waals surface area contributed by atoms with Gasteiger partial charge in [-0.1, -0.05) is 6.42 Å². The Balaban J connectivity index is 1.97. The van der Waals surface area contributed by atoms with Crippen molar-refractivity contribution in [2.24, 2.45) is 0 Å². The SMILES string of the molecule is C1CCN2CCC[C@@H]2C1. The number of hydrogen-bond acceptors (Lipinski definition) is 1. The third-order valence-electron chi connectivity index (χ3n) is 2.73. The van der Waals surface area contributed by atoms with Gasteiger partial charge in [0.25, 0.3) is 0 Å². The predicted octanol–water partition coefficient (Wildman–Crippen LogP) is 1.63. The molecule has 2 saturated heterocycles. The Kier molecular flexibility index (Phi) is 1.46. The van der Waals surface area contributed by atoms with Crippen LogP contribution in [-0.2, 0) is 0 Å². The second-order valence-corrected chi connectivity index (χ2v) is 3.33. The molecule has 1 atom stereocenters. The normalized spacial score (nSPS) is 36.7. The maximum Gasteiger partial charge on any atom is 0.00957 e. The van der Waals surface area contributed by atoms with Gasteiger partial charge < -0.3 is 4.90 Å². The van der Waals surface area contributed by atoms with Crippen LogP contribution >= 0.6 is 0 Å². The lowest BCUT2D eigenvalue weighted by Crippen LogP contribution is -2.33. The number of piperidine rings is 1. The van der Waals surface area contributed by atoms with Crippen LogP contribution in [0.4, 0.5) is 0 Å². The predicted molar refractivity (Wildman–Crippen MR) is 38.4 cm³/mol. The van der Waals surface area contributed by atoms with Crippen LogP contribution in [-0.4, -0.2) is 24.0 Å². The molecule has 2 rings (SSSR count). The molecule has 2 aliphatic heterocycles. The molecule has 9 heavy (non-hydrogen) atoms. The zero-order valence-electron chi connectivity index (χ0n) is 5.97. The molecule has 0 aromatic carbocycles. The molecule has 52 valence electrons. The molecule has 0 aliphatic carbocycles. The van der Waals surface area contributed by atoms with Crippen molar-refractivity contribution in [2.45, 2.75) is 38.1 Å². The van der Waals surface area contributed by atoms with Gasteiger partial charge in [-0.05, 0) is 38.8 Å². The molecule has 0 amide bonds. The molecule has 2 heterocycles. The first-order valence-electron chi connectivity index (χ1n) is 4.21. The number of rotatable bonds is 0. The van der Waals surface area contributed by atoms with Crippen LogP contribution < -0.4 is 0 Å². The molecule has 0 N–H and O–H groups in total. The summed E-state index contributed by atoms with van der Waals surface area (Å²) >= 11 is 0. The Bertz CT molecular complexity index is 88.7. The maximum atomic E-state index is 2.67. The summed E-state index contributed by atoms with van der Waals surface area (Å²) in [6.07, 6.45) is 7.38. The van der Waals surface area contributed by atoms with Gasteiger partial charge in [-0.3, -0.25) is 0 Å². The van der Waals surface area contributed by atoms with Gasteiger partial charge in [0.05, 0.1) is 0 Å². The average molecular weight is 125 g/mol. The van der Waals surface area contributed by atoms with Crippen molar-refractivity contribution >= 4 is 0 Å². The lowest BCUT2D eigenvalue weighted by molar-refractivity contribution is 0.198. The molecular weight excluding hydrogens is 110 g/mol. The van der Waals surface area contributed by atoms with Gasteiger partial charge in [0.2, 0.25) is 0 Å². The van der Waals surface area contributed by atoms with E-state index in [0.29, 0.717) is 0 Å². The molecule has 0 bridgehead atoms. The number of nitrogens with zero attached hydrogens (tertiary/aromatic N) is 1. The van der Waals surface area contributed by atoms with Crippen LogP contribution in [0.5, 0.6) is 0 Å². The van der Waals surface area contributed by atoms with E-state index in [4.69, 9.17) is 0 Å². The van der Waals surface area contributed by atoms with Crippen molar-refractivity contribution in [1.29, 1.82) is 0 Å². The van der Waals surface area contributed by atoms with E-state index < -0.39 is 0 Å². The van der Waals surface area contributed by atoms with Gasteiger partial charge in [0.15, 0.2) is 0 Å². The minimum Gasteiger partial charge on any atom is -0.300 e. The van der Waals surface area contributed by atoms with Crippen molar-refractivity contribution in [1.82, 2.24) is 4.90 Å². The monoisotopic (exact) mass is 125 g/mol. The van der Waals surface area contributed by atoms with Crippen LogP contribution in [0.25, 0.3) is 0 Å². The van der Waals surface area contributed by atoms with E-state index in [2.05, 4.69) is 4.90 Å². The van der Waals surface area contributed by atoms with Crippen molar-refractivity contribution in [3.8, 4) is 0 Å². The smallest absolute Gasteiger partial charge is 0.00957 e. The summed E-state index contributed by atoms with van der Waals surface area (Å²) in [6.45, 7) is 2.79. The molecule has 0 saturated carbocycles. The molecule has 0 radical (unpaired) electrons. The van der Waals surface area contributed by atoms with Crippen LogP contribution in [0.3, 0.4) is 0 Å². The van der Waals surface area contributed by atoms with Crippen molar-refractivity contribution in [3.63, 3.8) is 0 Å². The third-order valence-corrected chi connectivity index (χ3v) is 2.73. The van der Waals surface area contributed by atoms with Gasteiger partial charge in [-0.2, -0.15) is 0 Å².